The summed E-state index contributed by atoms with van der Waals surface area (Å²) < 4.78 is 5.97. The van der Waals surface area contributed by atoms with Gasteiger partial charge in [-0.25, -0.2) is 0 Å². The minimum atomic E-state index is -0.137. The number of fused-ring (bicyclic) bond motifs is 3. The number of hydrogen-bond acceptors (Lipinski definition) is 4. The lowest BCUT2D eigenvalue weighted by Crippen LogP contribution is -2.42. The van der Waals surface area contributed by atoms with Crippen LogP contribution in [0, 0.1) is 17.8 Å². The SMILES string of the molecule is CN(C)C(=O)CNC(=O)[C@@H]1CN(CC2CC2)[C@H]2c3ccccc3OC[C@@H]12. The van der Waals surface area contributed by atoms with Gasteiger partial charge in [-0.05, 0) is 24.8 Å². The fourth-order valence-electron chi connectivity index (χ4n) is 4.22. The van der Waals surface area contributed by atoms with Crippen LogP contribution in [0.4, 0.5) is 0 Å². The van der Waals surface area contributed by atoms with Crippen LogP contribution in [0.15, 0.2) is 24.3 Å². The van der Waals surface area contributed by atoms with E-state index in [0.717, 1.165) is 24.8 Å². The molecule has 1 aromatic carbocycles. The summed E-state index contributed by atoms with van der Waals surface area (Å²) >= 11 is 0. The average molecular weight is 357 g/mol. The number of rotatable bonds is 5. The van der Waals surface area contributed by atoms with Gasteiger partial charge in [0.2, 0.25) is 11.8 Å². The highest BCUT2D eigenvalue weighted by atomic mass is 16.5. The molecule has 0 radical (unpaired) electrons. The van der Waals surface area contributed by atoms with Crippen LogP contribution >= 0.6 is 0 Å². The zero-order chi connectivity index (χ0) is 18.3. The molecule has 0 unspecified atom stereocenters. The van der Waals surface area contributed by atoms with Crippen molar-refractivity contribution < 1.29 is 14.3 Å². The van der Waals surface area contributed by atoms with Crippen LogP contribution in [0.3, 0.4) is 0 Å². The lowest BCUT2D eigenvalue weighted by Gasteiger charge is -2.34. The first-order valence-electron chi connectivity index (χ1n) is 9.48. The van der Waals surface area contributed by atoms with E-state index in [1.54, 1.807) is 14.1 Å². The van der Waals surface area contributed by atoms with E-state index in [4.69, 9.17) is 4.74 Å². The lowest BCUT2D eigenvalue weighted by atomic mass is 9.85. The van der Waals surface area contributed by atoms with Crippen molar-refractivity contribution in [3.63, 3.8) is 0 Å². The van der Waals surface area contributed by atoms with Gasteiger partial charge in [-0.1, -0.05) is 18.2 Å². The van der Waals surface area contributed by atoms with Gasteiger partial charge < -0.3 is 15.0 Å². The summed E-state index contributed by atoms with van der Waals surface area (Å²) in [4.78, 5) is 28.6. The Morgan fingerprint density at radius 1 is 1.27 bits per heavy atom. The maximum Gasteiger partial charge on any atom is 0.241 e. The van der Waals surface area contributed by atoms with Crippen molar-refractivity contribution in [2.75, 3.05) is 40.3 Å². The van der Waals surface area contributed by atoms with Gasteiger partial charge in [0.05, 0.1) is 19.1 Å². The first-order valence-corrected chi connectivity index (χ1v) is 9.48. The van der Waals surface area contributed by atoms with Gasteiger partial charge >= 0.3 is 0 Å². The highest BCUT2D eigenvalue weighted by Gasteiger charge is 2.49. The third-order valence-corrected chi connectivity index (χ3v) is 5.85. The molecule has 1 saturated heterocycles. The highest BCUT2D eigenvalue weighted by molar-refractivity contribution is 5.86. The van der Waals surface area contributed by atoms with Crippen molar-refractivity contribution in [1.29, 1.82) is 0 Å². The van der Waals surface area contributed by atoms with Crippen LogP contribution in [0.2, 0.25) is 0 Å². The molecular formula is C20H27N3O3. The van der Waals surface area contributed by atoms with Crippen LogP contribution in [-0.2, 0) is 9.59 Å². The molecule has 2 fully saturated rings. The molecule has 6 nitrogen and oxygen atoms in total. The second-order valence-corrected chi connectivity index (χ2v) is 7.97. The zero-order valence-corrected chi connectivity index (χ0v) is 15.5. The monoisotopic (exact) mass is 357 g/mol. The van der Waals surface area contributed by atoms with Gasteiger partial charge in [-0.2, -0.15) is 0 Å². The molecule has 6 heteroatoms. The normalized spacial score (nSPS) is 27.2. The summed E-state index contributed by atoms with van der Waals surface area (Å²) in [6, 6.07) is 8.42. The van der Waals surface area contributed by atoms with Gasteiger partial charge in [-0.3, -0.25) is 14.5 Å². The van der Waals surface area contributed by atoms with E-state index in [0.29, 0.717) is 6.61 Å². The van der Waals surface area contributed by atoms with Gasteiger partial charge in [-0.15, -0.1) is 0 Å². The third kappa shape index (κ3) is 3.30. The molecule has 1 aromatic rings. The smallest absolute Gasteiger partial charge is 0.241 e. The van der Waals surface area contributed by atoms with E-state index in [9.17, 15) is 9.59 Å². The van der Waals surface area contributed by atoms with Gasteiger partial charge in [0.1, 0.15) is 5.75 Å². The number of para-hydroxylation sites is 1. The number of likely N-dealkylation sites (N-methyl/N-ethyl adjacent to an activating group) is 1. The van der Waals surface area contributed by atoms with E-state index < -0.39 is 0 Å². The zero-order valence-electron chi connectivity index (χ0n) is 15.5. The van der Waals surface area contributed by atoms with Crippen molar-refractivity contribution >= 4 is 11.8 Å². The van der Waals surface area contributed by atoms with E-state index in [-0.39, 0.29) is 36.2 Å². The Kier molecular flexibility index (Phi) is 4.61. The van der Waals surface area contributed by atoms with Gasteiger partial charge in [0, 0.05) is 44.7 Å². The predicted molar refractivity (Wildman–Crippen MR) is 97.7 cm³/mol. The summed E-state index contributed by atoms with van der Waals surface area (Å²) in [6.45, 7) is 2.41. The van der Waals surface area contributed by atoms with Gasteiger partial charge in [0.15, 0.2) is 0 Å². The molecule has 3 aliphatic rings. The standard InChI is InChI=1S/C20H27N3O3/c1-22(2)18(24)9-21-20(25)15-11-23(10-13-7-8-13)19-14-5-3-4-6-17(14)26-12-16(15)19/h3-6,13,15-16,19H,7-12H2,1-2H3,(H,21,25)/t15-,16+,19+/m1/s1. The first-order chi connectivity index (χ1) is 12.5. The first kappa shape index (κ1) is 17.3. The van der Waals surface area contributed by atoms with Crippen molar-refractivity contribution in [3.8, 4) is 5.75 Å². The molecule has 0 bridgehead atoms. The third-order valence-electron chi connectivity index (χ3n) is 5.85. The second-order valence-electron chi connectivity index (χ2n) is 7.97. The molecule has 4 rings (SSSR count). The number of hydrogen-bond donors (Lipinski definition) is 1. The van der Waals surface area contributed by atoms with E-state index in [1.165, 1.54) is 23.3 Å². The average Bonchev–Trinajstić information content (AvgIpc) is 3.38. The van der Waals surface area contributed by atoms with E-state index in [2.05, 4.69) is 16.3 Å². The number of nitrogens with one attached hydrogen (secondary N) is 1. The molecular weight excluding hydrogens is 330 g/mol. The van der Waals surface area contributed by atoms with E-state index in [1.807, 2.05) is 18.2 Å². The maximum atomic E-state index is 12.8. The number of ether oxygens (including phenoxy) is 1. The fourth-order valence-corrected chi connectivity index (χ4v) is 4.22. The molecule has 1 N–H and O–H groups in total. The van der Waals surface area contributed by atoms with Crippen molar-refractivity contribution in [3.05, 3.63) is 29.8 Å². The molecule has 2 amide bonds. The van der Waals surface area contributed by atoms with Crippen molar-refractivity contribution in [2.24, 2.45) is 17.8 Å². The highest BCUT2D eigenvalue weighted by Crippen LogP contribution is 2.48. The summed E-state index contributed by atoms with van der Waals surface area (Å²) in [5.74, 6) is 1.59. The molecule has 2 heterocycles. The maximum absolute atomic E-state index is 12.8. The number of amides is 2. The predicted octanol–water partition coefficient (Wildman–Crippen LogP) is 1.28. The molecule has 0 spiro atoms. The Bertz CT molecular complexity index is 701. The summed E-state index contributed by atoms with van der Waals surface area (Å²) in [5.41, 5.74) is 1.20. The Labute approximate surface area is 154 Å². The Hall–Kier alpha value is -2.08. The quantitative estimate of drug-likeness (QED) is 0.862. The molecule has 0 aromatic heterocycles. The van der Waals surface area contributed by atoms with Crippen LogP contribution in [0.5, 0.6) is 5.75 Å². The topological polar surface area (TPSA) is 61.9 Å². The molecule has 2 aliphatic heterocycles. The molecule has 1 saturated carbocycles. The minimum Gasteiger partial charge on any atom is -0.493 e. The van der Waals surface area contributed by atoms with Crippen molar-refractivity contribution in [1.82, 2.24) is 15.1 Å². The van der Waals surface area contributed by atoms with Crippen LogP contribution in [-0.4, -0.2) is 62.0 Å². The van der Waals surface area contributed by atoms with Crippen molar-refractivity contribution in [2.45, 2.75) is 18.9 Å². The molecule has 26 heavy (non-hydrogen) atoms. The summed E-state index contributed by atoms with van der Waals surface area (Å²) in [7, 11) is 3.40. The number of carbonyl (C=O) groups is 2. The number of likely N-dealkylation sites (tertiary alicyclic amines) is 1. The van der Waals surface area contributed by atoms with Crippen LogP contribution in [0.1, 0.15) is 24.4 Å². The molecule has 3 atom stereocenters. The Morgan fingerprint density at radius 2 is 2.04 bits per heavy atom. The van der Waals surface area contributed by atoms with E-state index >= 15 is 0 Å². The summed E-state index contributed by atoms with van der Waals surface area (Å²) in [6.07, 6.45) is 2.58. The molecule has 140 valence electrons. The molecule has 1 aliphatic carbocycles. The minimum absolute atomic E-state index is 0.0310. The Balaban J connectivity index is 1.52. The van der Waals surface area contributed by atoms with Crippen LogP contribution < -0.4 is 10.1 Å². The largest absolute Gasteiger partial charge is 0.493 e. The Morgan fingerprint density at radius 3 is 2.77 bits per heavy atom. The fraction of sp³-hybridized carbons (Fsp3) is 0.600. The number of carbonyl (C=O) groups excluding carboxylic acids is 2. The summed E-state index contributed by atoms with van der Waals surface area (Å²) in [5, 5.41) is 2.84. The number of benzene rings is 1. The number of nitrogens with zero attached hydrogens (tertiary/aromatic N) is 2. The van der Waals surface area contributed by atoms with Gasteiger partial charge in [0.25, 0.3) is 0 Å². The lowest BCUT2D eigenvalue weighted by molar-refractivity contribution is -0.132. The van der Waals surface area contributed by atoms with Crippen LogP contribution in [0.25, 0.3) is 0 Å². The second kappa shape index (κ2) is 6.91.